The van der Waals surface area contributed by atoms with Crippen LogP contribution >= 0.6 is 11.8 Å². The van der Waals surface area contributed by atoms with Gasteiger partial charge in [0.1, 0.15) is 0 Å². The molecule has 21 heavy (non-hydrogen) atoms. The molecule has 2 aromatic rings. The number of ether oxygens (including phenoxy) is 2. The average molecular weight is 302 g/mol. The lowest BCUT2D eigenvalue weighted by Crippen LogP contribution is -2.02. The molecule has 0 aliphatic carbocycles. The van der Waals surface area contributed by atoms with Crippen LogP contribution in [0.5, 0.6) is 0 Å². The lowest BCUT2D eigenvalue weighted by molar-refractivity contribution is -0.106. The fourth-order valence-corrected chi connectivity index (χ4v) is 3.05. The van der Waals surface area contributed by atoms with Crippen molar-refractivity contribution in [1.29, 1.82) is 0 Å². The highest BCUT2D eigenvalue weighted by molar-refractivity contribution is 7.99. The minimum Gasteiger partial charge on any atom is -0.352 e. The Bertz CT molecular complexity index is 507. The highest BCUT2D eigenvalue weighted by Gasteiger charge is 2.07. The molecule has 0 bridgehead atoms. The van der Waals surface area contributed by atoms with E-state index in [1.165, 1.54) is 16.9 Å². The molecule has 0 saturated carbocycles. The van der Waals surface area contributed by atoms with Gasteiger partial charge in [-0.15, -0.1) is 11.8 Å². The van der Waals surface area contributed by atoms with Gasteiger partial charge in [0.2, 0.25) is 0 Å². The number of benzene rings is 2. The first kappa shape index (κ1) is 16.1. The smallest absolute Gasteiger partial charge is 0.183 e. The van der Waals surface area contributed by atoms with Crippen molar-refractivity contribution in [2.24, 2.45) is 0 Å². The van der Waals surface area contributed by atoms with Crippen molar-refractivity contribution in [2.45, 2.75) is 24.0 Å². The van der Waals surface area contributed by atoms with Crippen LogP contribution in [0, 0.1) is 0 Å². The van der Waals surface area contributed by atoms with Crippen LogP contribution in [-0.4, -0.2) is 20.0 Å². The summed E-state index contributed by atoms with van der Waals surface area (Å²) in [5, 5.41) is 0. The third-order valence-corrected chi connectivity index (χ3v) is 4.40. The van der Waals surface area contributed by atoms with Crippen LogP contribution in [0.15, 0.2) is 59.5 Å². The number of hydrogen-bond acceptors (Lipinski definition) is 3. The Labute approximate surface area is 131 Å². The molecule has 0 aliphatic rings. The van der Waals surface area contributed by atoms with Gasteiger partial charge < -0.3 is 9.47 Å². The van der Waals surface area contributed by atoms with Gasteiger partial charge in [-0.3, -0.25) is 0 Å². The summed E-state index contributed by atoms with van der Waals surface area (Å²) in [6, 6.07) is 19.0. The Balaban J connectivity index is 1.76. The summed E-state index contributed by atoms with van der Waals surface area (Å²) >= 11 is 1.89. The van der Waals surface area contributed by atoms with E-state index < -0.39 is 0 Å². The van der Waals surface area contributed by atoms with Gasteiger partial charge in [-0.1, -0.05) is 42.5 Å². The fourth-order valence-electron chi connectivity index (χ4n) is 2.20. The lowest BCUT2D eigenvalue weighted by atomic mass is 10.1. The minimum atomic E-state index is -0.276. The molecule has 0 radical (unpaired) electrons. The van der Waals surface area contributed by atoms with Crippen molar-refractivity contribution in [1.82, 2.24) is 0 Å². The van der Waals surface area contributed by atoms with Gasteiger partial charge in [0.15, 0.2) is 6.29 Å². The normalized spacial score (nSPS) is 11.0. The van der Waals surface area contributed by atoms with Crippen LogP contribution in [0.2, 0.25) is 0 Å². The molecule has 0 aliphatic heterocycles. The number of thioether (sulfide) groups is 1. The molecule has 3 heteroatoms. The van der Waals surface area contributed by atoms with Crippen LogP contribution in [0.1, 0.15) is 23.8 Å². The predicted octanol–water partition coefficient (Wildman–Crippen LogP) is 4.70. The zero-order chi connectivity index (χ0) is 14.9. The Morgan fingerprint density at radius 3 is 2.19 bits per heavy atom. The van der Waals surface area contributed by atoms with E-state index >= 15 is 0 Å². The maximum Gasteiger partial charge on any atom is 0.183 e. The van der Waals surface area contributed by atoms with Crippen LogP contribution in [0.4, 0.5) is 0 Å². The van der Waals surface area contributed by atoms with Gasteiger partial charge in [-0.25, -0.2) is 0 Å². The molecule has 0 fully saturated rings. The monoisotopic (exact) mass is 302 g/mol. The molecule has 2 aromatic carbocycles. The topological polar surface area (TPSA) is 18.5 Å². The van der Waals surface area contributed by atoms with E-state index in [-0.39, 0.29) is 6.29 Å². The number of hydrogen-bond donors (Lipinski definition) is 0. The van der Waals surface area contributed by atoms with E-state index in [9.17, 15) is 0 Å². The molecule has 0 aromatic heterocycles. The molecule has 0 amide bonds. The molecule has 2 rings (SSSR count). The summed E-state index contributed by atoms with van der Waals surface area (Å²) in [5.74, 6) is 1.13. The Kier molecular flexibility index (Phi) is 6.80. The van der Waals surface area contributed by atoms with Crippen LogP contribution in [-0.2, 0) is 15.9 Å². The van der Waals surface area contributed by atoms with Gasteiger partial charge in [0, 0.05) is 24.7 Å². The van der Waals surface area contributed by atoms with Gasteiger partial charge in [0.05, 0.1) is 0 Å². The second-order valence-corrected chi connectivity index (χ2v) is 5.98. The summed E-state index contributed by atoms with van der Waals surface area (Å²) in [6.45, 7) is 0. The molecule has 112 valence electrons. The van der Waals surface area contributed by atoms with E-state index in [2.05, 4.69) is 54.6 Å². The molecule has 0 saturated heterocycles. The van der Waals surface area contributed by atoms with E-state index in [1.807, 2.05) is 11.8 Å². The highest BCUT2D eigenvalue weighted by Crippen LogP contribution is 2.23. The van der Waals surface area contributed by atoms with Crippen molar-refractivity contribution >= 4 is 11.8 Å². The van der Waals surface area contributed by atoms with E-state index in [4.69, 9.17) is 9.47 Å². The summed E-state index contributed by atoms with van der Waals surface area (Å²) in [7, 11) is 3.31. The quantitative estimate of drug-likeness (QED) is 0.400. The highest BCUT2D eigenvalue weighted by atomic mass is 32.2. The first-order chi connectivity index (χ1) is 10.3. The molecule has 0 N–H and O–H groups in total. The van der Waals surface area contributed by atoms with Crippen molar-refractivity contribution < 1.29 is 9.47 Å². The largest absolute Gasteiger partial charge is 0.352 e. The summed E-state index contributed by atoms with van der Waals surface area (Å²) < 4.78 is 10.5. The van der Waals surface area contributed by atoms with E-state index in [1.54, 1.807) is 14.2 Å². The van der Waals surface area contributed by atoms with Crippen molar-refractivity contribution in [3.63, 3.8) is 0 Å². The zero-order valence-electron chi connectivity index (χ0n) is 12.6. The summed E-state index contributed by atoms with van der Waals surface area (Å²) in [5.41, 5.74) is 2.46. The van der Waals surface area contributed by atoms with Crippen LogP contribution in [0.3, 0.4) is 0 Å². The predicted molar refractivity (Wildman–Crippen MR) is 88.7 cm³/mol. The maximum absolute atomic E-state index is 5.24. The molecular weight excluding hydrogens is 280 g/mol. The molecule has 2 nitrogen and oxygen atoms in total. The van der Waals surface area contributed by atoms with Gasteiger partial charge >= 0.3 is 0 Å². The number of rotatable bonds is 8. The first-order valence-electron chi connectivity index (χ1n) is 7.15. The summed E-state index contributed by atoms with van der Waals surface area (Å²) in [6.07, 6.45) is 2.05. The number of aryl methyl sites for hydroxylation is 1. The second kappa shape index (κ2) is 8.88. The van der Waals surface area contributed by atoms with Crippen molar-refractivity contribution in [3.8, 4) is 0 Å². The maximum atomic E-state index is 5.24. The third-order valence-electron chi connectivity index (χ3n) is 3.30. The molecule has 0 spiro atoms. The van der Waals surface area contributed by atoms with Gasteiger partial charge in [-0.2, -0.15) is 0 Å². The SMILES string of the molecule is COC(OC)c1ccc(SCCCc2ccccc2)cc1. The van der Waals surface area contributed by atoms with Crippen molar-refractivity contribution in [2.75, 3.05) is 20.0 Å². The molecule has 0 heterocycles. The van der Waals surface area contributed by atoms with Gasteiger partial charge in [-0.05, 0) is 36.3 Å². The van der Waals surface area contributed by atoms with Crippen molar-refractivity contribution in [3.05, 3.63) is 65.7 Å². The van der Waals surface area contributed by atoms with E-state index in [0.717, 1.165) is 17.7 Å². The first-order valence-corrected chi connectivity index (χ1v) is 8.14. The average Bonchev–Trinajstić information content (AvgIpc) is 2.55. The minimum absolute atomic E-state index is 0.276. The number of methoxy groups -OCH3 is 2. The van der Waals surface area contributed by atoms with Crippen LogP contribution < -0.4 is 0 Å². The van der Waals surface area contributed by atoms with E-state index in [0.29, 0.717) is 0 Å². The lowest BCUT2D eigenvalue weighted by Gasteiger charge is -2.13. The van der Waals surface area contributed by atoms with Crippen LogP contribution in [0.25, 0.3) is 0 Å². The molecule has 0 atom stereocenters. The Hall–Kier alpha value is -1.29. The second-order valence-electron chi connectivity index (χ2n) is 4.81. The standard InChI is InChI=1S/C18H22O2S/c1-19-18(20-2)16-10-12-17(13-11-16)21-14-6-9-15-7-4-3-5-8-15/h3-5,7-8,10-13,18H,6,9,14H2,1-2H3. The fraction of sp³-hybridized carbons (Fsp3) is 0.333. The third kappa shape index (κ3) is 5.20. The zero-order valence-corrected chi connectivity index (χ0v) is 13.4. The molecular formula is C18H22O2S. The molecule has 0 unspecified atom stereocenters. The summed E-state index contributed by atoms with van der Waals surface area (Å²) in [4.78, 5) is 1.29. The Morgan fingerprint density at radius 2 is 1.57 bits per heavy atom. The Morgan fingerprint density at radius 1 is 0.905 bits per heavy atom. The van der Waals surface area contributed by atoms with Gasteiger partial charge in [0.25, 0.3) is 0 Å².